The maximum atomic E-state index is 12.4. The van der Waals surface area contributed by atoms with E-state index in [9.17, 15) is 14.4 Å². The number of carbonyl (C=O) groups is 3. The normalized spacial score (nSPS) is 35.4. The largest absolute Gasteiger partial charge is 0.480 e. The first-order valence-electron chi connectivity index (χ1n) is 7.99. The van der Waals surface area contributed by atoms with Crippen LogP contribution in [0.15, 0.2) is 0 Å². The Morgan fingerprint density at radius 1 is 1.08 bits per heavy atom. The molecule has 0 aromatic carbocycles. The van der Waals surface area contributed by atoms with Gasteiger partial charge in [-0.25, -0.2) is 0 Å². The van der Waals surface area contributed by atoms with Crippen molar-refractivity contribution in [2.24, 2.45) is 0 Å². The summed E-state index contributed by atoms with van der Waals surface area (Å²) in [4.78, 5) is 37.5. The number of carboxylic acid groups (broad SMARTS) is 2. The maximum Gasteiger partial charge on any atom is 0.323 e. The number of hydrogen-bond acceptors (Lipinski definition) is 6. The molecule has 0 spiro atoms. The Kier molecular flexibility index (Phi) is 4.27. The van der Waals surface area contributed by atoms with Crippen LogP contribution in [-0.4, -0.2) is 87.6 Å². The zero-order chi connectivity index (χ0) is 17.6. The second-order valence-corrected chi connectivity index (χ2v) is 7.03. The number of amides is 1. The van der Waals surface area contributed by atoms with Crippen LogP contribution in [-0.2, 0) is 23.9 Å². The molecule has 3 rings (SSSR count). The van der Waals surface area contributed by atoms with Crippen LogP contribution < -0.4 is 0 Å². The molecule has 2 N–H and O–H groups in total. The molecule has 2 saturated heterocycles. The lowest BCUT2D eigenvalue weighted by atomic mass is 9.82. The van der Waals surface area contributed by atoms with Gasteiger partial charge in [-0.3, -0.25) is 19.3 Å². The van der Waals surface area contributed by atoms with Crippen molar-refractivity contribution in [1.29, 1.82) is 0 Å². The molecule has 9 nitrogen and oxygen atoms in total. The van der Waals surface area contributed by atoms with Gasteiger partial charge < -0.3 is 24.6 Å². The highest BCUT2D eigenvalue weighted by atomic mass is 16.8. The molecule has 0 aromatic rings. The average molecular weight is 342 g/mol. The first-order valence-corrected chi connectivity index (χ1v) is 7.99. The van der Waals surface area contributed by atoms with Crippen molar-refractivity contribution in [3.63, 3.8) is 0 Å². The highest BCUT2D eigenvalue weighted by Gasteiger charge is 2.53. The predicted octanol–water partition coefficient (Wildman–Crippen LogP) is -0.649. The van der Waals surface area contributed by atoms with Gasteiger partial charge in [0.25, 0.3) is 0 Å². The predicted molar refractivity (Wildman–Crippen MR) is 79.2 cm³/mol. The third-order valence-corrected chi connectivity index (χ3v) is 4.85. The van der Waals surface area contributed by atoms with Crippen LogP contribution in [0.2, 0.25) is 0 Å². The van der Waals surface area contributed by atoms with Crippen LogP contribution in [0, 0.1) is 0 Å². The molecule has 134 valence electrons. The quantitative estimate of drug-likeness (QED) is 0.692. The number of hydrogen-bond donors (Lipinski definition) is 2. The van der Waals surface area contributed by atoms with Crippen molar-refractivity contribution in [2.75, 3.05) is 19.6 Å². The van der Waals surface area contributed by atoms with Gasteiger partial charge in [-0.15, -0.1) is 0 Å². The Hall–Kier alpha value is -1.71. The molecule has 4 unspecified atom stereocenters. The van der Waals surface area contributed by atoms with E-state index in [0.29, 0.717) is 12.8 Å². The minimum atomic E-state index is -1.08. The first kappa shape index (κ1) is 17.1. The zero-order valence-corrected chi connectivity index (χ0v) is 13.7. The Bertz CT molecular complexity index is 564. The summed E-state index contributed by atoms with van der Waals surface area (Å²) in [7, 11) is 0. The van der Waals surface area contributed by atoms with Crippen molar-refractivity contribution >= 4 is 17.8 Å². The lowest BCUT2D eigenvalue weighted by Crippen LogP contribution is -2.67. The van der Waals surface area contributed by atoms with Gasteiger partial charge in [0.05, 0.1) is 31.3 Å². The molecule has 0 radical (unpaired) electrons. The topological polar surface area (TPSA) is 117 Å². The maximum absolute atomic E-state index is 12.4. The van der Waals surface area contributed by atoms with Crippen molar-refractivity contribution < 1.29 is 34.1 Å². The number of nitrogens with zero attached hydrogens (tertiary/aromatic N) is 2. The lowest BCUT2D eigenvalue weighted by molar-refractivity contribution is -0.159. The molecule has 24 heavy (non-hydrogen) atoms. The molecule has 0 aromatic heterocycles. The molecule has 0 bridgehead atoms. The molecule has 1 saturated carbocycles. The van der Waals surface area contributed by atoms with E-state index in [1.54, 1.807) is 4.90 Å². The monoisotopic (exact) mass is 342 g/mol. The number of fused-ring (bicyclic) bond motifs is 2. The summed E-state index contributed by atoms with van der Waals surface area (Å²) in [5.74, 6) is -3.20. The van der Waals surface area contributed by atoms with E-state index in [4.69, 9.17) is 19.7 Å². The molecule has 2 aliphatic heterocycles. The second kappa shape index (κ2) is 5.98. The summed E-state index contributed by atoms with van der Waals surface area (Å²) in [5, 5.41) is 18.2. The standard InChI is InChI=1S/C15H22N2O7/c1-15(2)23-10-3-8-9(4-11(10)24-15)17(7-14(21)22)12(18)5-16(8)6-13(19)20/h8-11H,3-7H2,1-2H3,(H,19,20)(H,21,22). The molecule has 3 fully saturated rings. The minimum absolute atomic E-state index is 0.0949. The van der Waals surface area contributed by atoms with Gasteiger partial charge in [0.2, 0.25) is 5.91 Å². The Morgan fingerprint density at radius 2 is 1.62 bits per heavy atom. The van der Waals surface area contributed by atoms with Crippen LogP contribution in [0.25, 0.3) is 0 Å². The van der Waals surface area contributed by atoms with Gasteiger partial charge in [-0.2, -0.15) is 0 Å². The highest BCUT2D eigenvalue weighted by Crippen LogP contribution is 2.41. The van der Waals surface area contributed by atoms with Crippen LogP contribution >= 0.6 is 0 Å². The third kappa shape index (κ3) is 3.24. The number of ether oxygens (including phenoxy) is 2. The van der Waals surface area contributed by atoms with Crippen molar-refractivity contribution in [3.05, 3.63) is 0 Å². The molecule has 2 heterocycles. The van der Waals surface area contributed by atoms with Crippen LogP contribution in [0.1, 0.15) is 26.7 Å². The fraction of sp³-hybridized carbons (Fsp3) is 0.800. The van der Waals surface area contributed by atoms with E-state index in [-0.39, 0.29) is 49.8 Å². The van der Waals surface area contributed by atoms with Gasteiger partial charge in [-0.1, -0.05) is 0 Å². The van der Waals surface area contributed by atoms with Crippen molar-refractivity contribution in [2.45, 2.75) is 56.8 Å². The summed E-state index contributed by atoms with van der Waals surface area (Å²) in [6.07, 6.45) is 0.538. The molecule has 1 amide bonds. The number of rotatable bonds is 4. The Morgan fingerprint density at radius 3 is 2.17 bits per heavy atom. The van der Waals surface area contributed by atoms with E-state index >= 15 is 0 Å². The SMILES string of the molecule is CC1(C)OC2CC3C(CC2O1)N(CC(=O)O)C(=O)CN3CC(=O)O. The van der Waals surface area contributed by atoms with Gasteiger partial charge in [0.1, 0.15) is 6.54 Å². The average Bonchev–Trinajstić information content (AvgIpc) is 2.73. The smallest absolute Gasteiger partial charge is 0.323 e. The minimum Gasteiger partial charge on any atom is -0.480 e. The van der Waals surface area contributed by atoms with Crippen LogP contribution in [0.5, 0.6) is 0 Å². The van der Waals surface area contributed by atoms with Crippen LogP contribution in [0.3, 0.4) is 0 Å². The fourth-order valence-electron chi connectivity index (χ4n) is 4.09. The molecular formula is C15H22N2O7. The molecule has 1 aliphatic carbocycles. The summed E-state index contributed by atoms with van der Waals surface area (Å²) in [6.45, 7) is 2.88. The Labute approximate surface area is 139 Å². The summed E-state index contributed by atoms with van der Waals surface area (Å²) < 4.78 is 11.7. The summed E-state index contributed by atoms with van der Waals surface area (Å²) in [5.41, 5.74) is 0. The number of carboxylic acids is 2. The van der Waals surface area contributed by atoms with Crippen molar-refractivity contribution in [1.82, 2.24) is 9.80 Å². The highest BCUT2D eigenvalue weighted by molar-refractivity contribution is 5.84. The molecule has 4 atom stereocenters. The lowest BCUT2D eigenvalue weighted by Gasteiger charge is -2.50. The fourth-order valence-corrected chi connectivity index (χ4v) is 4.09. The Balaban J connectivity index is 1.85. The van der Waals surface area contributed by atoms with E-state index < -0.39 is 17.7 Å². The number of piperazine rings is 1. The van der Waals surface area contributed by atoms with E-state index in [1.165, 1.54) is 4.90 Å². The van der Waals surface area contributed by atoms with Gasteiger partial charge in [0.15, 0.2) is 5.79 Å². The summed E-state index contributed by atoms with van der Waals surface area (Å²) in [6, 6.07) is -0.641. The van der Waals surface area contributed by atoms with E-state index in [0.717, 1.165) is 0 Å². The number of carbonyl (C=O) groups excluding carboxylic acids is 1. The van der Waals surface area contributed by atoms with Gasteiger partial charge in [-0.05, 0) is 26.7 Å². The van der Waals surface area contributed by atoms with Gasteiger partial charge >= 0.3 is 11.9 Å². The van der Waals surface area contributed by atoms with Crippen LogP contribution in [0.4, 0.5) is 0 Å². The summed E-state index contributed by atoms with van der Waals surface area (Å²) >= 11 is 0. The first-order chi connectivity index (χ1) is 11.2. The van der Waals surface area contributed by atoms with Gasteiger partial charge in [0, 0.05) is 6.04 Å². The van der Waals surface area contributed by atoms with E-state index in [1.807, 2.05) is 13.8 Å². The number of aliphatic carboxylic acids is 2. The molecule has 9 heteroatoms. The van der Waals surface area contributed by atoms with Crippen molar-refractivity contribution in [3.8, 4) is 0 Å². The molecular weight excluding hydrogens is 320 g/mol. The third-order valence-electron chi connectivity index (χ3n) is 4.85. The zero-order valence-electron chi connectivity index (χ0n) is 13.7. The molecule has 3 aliphatic rings. The second-order valence-electron chi connectivity index (χ2n) is 7.03. The van der Waals surface area contributed by atoms with E-state index in [2.05, 4.69) is 0 Å².